The zero-order chi connectivity index (χ0) is 11.4. The molecule has 0 atom stereocenters. The number of rotatable bonds is 4. The second-order valence-corrected chi connectivity index (χ2v) is 3.31. The highest BCUT2D eigenvalue weighted by atomic mass is 16.1. The molecule has 0 heterocycles. The van der Waals surface area contributed by atoms with Crippen molar-refractivity contribution >= 4 is 17.4 Å². The minimum Gasteiger partial charge on any atom is -0.398 e. The van der Waals surface area contributed by atoms with Crippen molar-refractivity contribution in [1.82, 2.24) is 0 Å². The van der Waals surface area contributed by atoms with Crippen LogP contribution in [0.25, 0.3) is 0 Å². The summed E-state index contributed by atoms with van der Waals surface area (Å²) in [5, 5.41) is 0. The molecule has 0 saturated carbocycles. The third kappa shape index (κ3) is 2.34. The first kappa shape index (κ1) is 11.2. The number of Topliss-reactive ketones (excluding diaryl/α,β-unsaturated/α-hetero) is 1. The topological polar surface area (TPSA) is 86.2 Å². The maximum absolute atomic E-state index is 11.7. The van der Waals surface area contributed by atoms with Crippen LogP contribution in [0.2, 0.25) is 0 Å². The largest absolute Gasteiger partial charge is 0.398 e. The molecule has 4 N–H and O–H groups in total. The Kier molecular flexibility index (Phi) is 3.44. The molecular weight excluding hydrogens is 192 g/mol. The van der Waals surface area contributed by atoms with Gasteiger partial charge in [0.1, 0.15) is 0 Å². The van der Waals surface area contributed by atoms with Gasteiger partial charge < -0.3 is 11.5 Å². The number of carbonyl (C=O) groups is 2. The first-order valence-electron chi connectivity index (χ1n) is 4.79. The molecule has 0 spiro atoms. The van der Waals surface area contributed by atoms with E-state index in [0.717, 1.165) is 0 Å². The van der Waals surface area contributed by atoms with Crippen LogP contribution in [-0.2, 0) is 0 Å². The Balaban J connectivity index is 3.24. The maximum atomic E-state index is 11.7. The molecule has 1 aromatic rings. The zero-order valence-electron chi connectivity index (χ0n) is 8.62. The Morgan fingerprint density at radius 2 is 2.00 bits per heavy atom. The van der Waals surface area contributed by atoms with Crippen LogP contribution in [0.1, 0.15) is 40.5 Å². The molecule has 0 aliphatic heterocycles. The van der Waals surface area contributed by atoms with Crippen LogP contribution < -0.4 is 11.5 Å². The van der Waals surface area contributed by atoms with Gasteiger partial charge in [0.2, 0.25) is 5.91 Å². The second-order valence-electron chi connectivity index (χ2n) is 3.31. The molecule has 1 aromatic carbocycles. The summed E-state index contributed by atoms with van der Waals surface area (Å²) in [5.74, 6) is -0.758. The molecule has 15 heavy (non-hydrogen) atoms. The molecule has 1 rings (SSSR count). The van der Waals surface area contributed by atoms with Crippen molar-refractivity contribution in [2.24, 2.45) is 5.73 Å². The van der Waals surface area contributed by atoms with E-state index in [0.29, 0.717) is 18.5 Å². The lowest BCUT2D eigenvalue weighted by Gasteiger charge is -2.07. The van der Waals surface area contributed by atoms with Crippen molar-refractivity contribution in [3.63, 3.8) is 0 Å². The van der Waals surface area contributed by atoms with E-state index >= 15 is 0 Å². The summed E-state index contributed by atoms with van der Waals surface area (Å²) < 4.78 is 0. The molecule has 0 bridgehead atoms. The average Bonchev–Trinajstić information content (AvgIpc) is 2.17. The highest BCUT2D eigenvalue weighted by Crippen LogP contribution is 2.19. The van der Waals surface area contributed by atoms with E-state index in [9.17, 15) is 9.59 Å². The van der Waals surface area contributed by atoms with Gasteiger partial charge in [0.15, 0.2) is 5.78 Å². The molecule has 1 amide bonds. The fraction of sp³-hybridized carbons (Fsp3) is 0.273. The van der Waals surface area contributed by atoms with Gasteiger partial charge in [-0.2, -0.15) is 0 Å². The summed E-state index contributed by atoms with van der Waals surface area (Å²) in [6, 6.07) is 4.72. The minimum atomic E-state index is -0.623. The van der Waals surface area contributed by atoms with Crippen LogP contribution in [0.5, 0.6) is 0 Å². The van der Waals surface area contributed by atoms with Crippen molar-refractivity contribution in [2.45, 2.75) is 19.8 Å². The lowest BCUT2D eigenvalue weighted by molar-refractivity contribution is 0.0957. The van der Waals surface area contributed by atoms with Gasteiger partial charge in [-0.3, -0.25) is 9.59 Å². The van der Waals surface area contributed by atoms with E-state index < -0.39 is 5.91 Å². The molecule has 0 radical (unpaired) electrons. The van der Waals surface area contributed by atoms with E-state index in [1.807, 2.05) is 6.92 Å². The number of hydrogen-bond donors (Lipinski definition) is 2. The van der Waals surface area contributed by atoms with Gasteiger partial charge in [-0.25, -0.2) is 0 Å². The van der Waals surface area contributed by atoms with Crippen LogP contribution in [0.3, 0.4) is 0 Å². The van der Waals surface area contributed by atoms with Crippen molar-refractivity contribution in [1.29, 1.82) is 0 Å². The summed E-state index contributed by atoms with van der Waals surface area (Å²) in [7, 11) is 0. The monoisotopic (exact) mass is 206 g/mol. The van der Waals surface area contributed by atoms with Crippen molar-refractivity contribution < 1.29 is 9.59 Å². The second kappa shape index (κ2) is 4.59. The lowest BCUT2D eigenvalue weighted by Crippen LogP contribution is -2.17. The van der Waals surface area contributed by atoms with Crippen LogP contribution in [0.4, 0.5) is 5.69 Å². The number of nitrogen functional groups attached to an aromatic ring is 1. The number of hydrogen-bond acceptors (Lipinski definition) is 3. The Labute approximate surface area is 88.3 Å². The SMILES string of the molecule is CCCC(=O)c1c(N)cccc1C(N)=O. The van der Waals surface area contributed by atoms with E-state index in [2.05, 4.69) is 0 Å². The van der Waals surface area contributed by atoms with Gasteiger partial charge >= 0.3 is 0 Å². The summed E-state index contributed by atoms with van der Waals surface area (Å²) in [4.78, 5) is 22.8. The number of amides is 1. The number of primary amides is 1. The molecule has 0 fully saturated rings. The standard InChI is InChI=1S/C11H14N2O2/c1-2-4-9(14)10-7(11(13)15)5-3-6-8(10)12/h3,5-6H,2,4,12H2,1H3,(H2,13,15). The van der Waals surface area contributed by atoms with Crippen LogP contribution in [-0.4, -0.2) is 11.7 Å². The minimum absolute atomic E-state index is 0.135. The number of ketones is 1. The van der Waals surface area contributed by atoms with E-state index in [1.165, 1.54) is 6.07 Å². The average molecular weight is 206 g/mol. The maximum Gasteiger partial charge on any atom is 0.249 e. The molecule has 0 aromatic heterocycles. The van der Waals surface area contributed by atoms with Crippen LogP contribution in [0.15, 0.2) is 18.2 Å². The van der Waals surface area contributed by atoms with Gasteiger partial charge in [0, 0.05) is 12.1 Å². The summed E-state index contributed by atoms with van der Waals surface area (Å²) in [6.07, 6.45) is 1.08. The fourth-order valence-electron chi connectivity index (χ4n) is 1.44. The third-order valence-electron chi connectivity index (χ3n) is 2.12. The zero-order valence-corrected chi connectivity index (χ0v) is 8.62. The molecule has 0 unspecified atom stereocenters. The van der Waals surface area contributed by atoms with Crippen molar-refractivity contribution in [3.05, 3.63) is 29.3 Å². The highest BCUT2D eigenvalue weighted by Gasteiger charge is 2.16. The third-order valence-corrected chi connectivity index (χ3v) is 2.12. The number of nitrogens with two attached hydrogens (primary N) is 2. The van der Waals surface area contributed by atoms with Gasteiger partial charge in [0.05, 0.1) is 11.1 Å². The predicted molar refractivity (Wildman–Crippen MR) is 58.6 cm³/mol. The van der Waals surface area contributed by atoms with Crippen LogP contribution in [0, 0.1) is 0 Å². The molecule has 4 nitrogen and oxygen atoms in total. The molecule has 0 aliphatic carbocycles. The van der Waals surface area contributed by atoms with E-state index in [4.69, 9.17) is 11.5 Å². The fourth-order valence-corrected chi connectivity index (χ4v) is 1.44. The first-order valence-corrected chi connectivity index (χ1v) is 4.79. The Morgan fingerprint density at radius 1 is 1.33 bits per heavy atom. The van der Waals surface area contributed by atoms with Crippen molar-refractivity contribution in [3.8, 4) is 0 Å². The summed E-state index contributed by atoms with van der Waals surface area (Å²) in [5.41, 5.74) is 11.6. The molecule has 80 valence electrons. The van der Waals surface area contributed by atoms with Gasteiger partial charge in [-0.1, -0.05) is 13.0 Å². The van der Waals surface area contributed by atoms with Gasteiger partial charge in [0.25, 0.3) is 0 Å². The van der Waals surface area contributed by atoms with Crippen LogP contribution >= 0.6 is 0 Å². The number of carbonyl (C=O) groups excluding carboxylic acids is 2. The molecule has 0 aliphatic rings. The highest BCUT2D eigenvalue weighted by molar-refractivity contribution is 6.10. The normalized spacial score (nSPS) is 9.93. The lowest BCUT2D eigenvalue weighted by atomic mass is 9.98. The Bertz CT molecular complexity index is 400. The summed E-state index contributed by atoms with van der Waals surface area (Å²) in [6.45, 7) is 1.89. The first-order chi connectivity index (χ1) is 7.07. The molecule has 0 saturated heterocycles. The molecule has 4 heteroatoms. The van der Waals surface area contributed by atoms with E-state index in [1.54, 1.807) is 12.1 Å². The van der Waals surface area contributed by atoms with Gasteiger partial charge in [-0.15, -0.1) is 0 Å². The van der Waals surface area contributed by atoms with E-state index in [-0.39, 0.29) is 16.9 Å². The Hall–Kier alpha value is -1.84. The number of benzene rings is 1. The Morgan fingerprint density at radius 3 is 2.53 bits per heavy atom. The molecular formula is C11H14N2O2. The summed E-state index contributed by atoms with van der Waals surface area (Å²) >= 11 is 0. The van der Waals surface area contributed by atoms with Crippen molar-refractivity contribution in [2.75, 3.05) is 5.73 Å². The smallest absolute Gasteiger partial charge is 0.249 e. The van der Waals surface area contributed by atoms with Gasteiger partial charge in [-0.05, 0) is 18.6 Å². The number of anilines is 1. The predicted octanol–water partition coefficient (Wildman–Crippen LogP) is 1.35. The quantitative estimate of drug-likeness (QED) is 0.576.